The molecule has 3 aromatic rings. The molecule has 7 rings (SSSR count). The zero-order valence-electron chi connectivity index (χ0n) is 45.6. The van der Waals surface area contributed by atoms with Gasteiger partial charge in [0.15, 0.2) is 17.5 Å². The summed E-state index contributed by atoms with van der Waals surface area (Å²) in [5, 5.41) is 29.5. The number of Topliss-reactive ketones (excluding diaryl/α,β-unsaturated/α-hetero) is 1. The molecule has 416 valence electrons. The van der Waals surface area contributed by atoms with Crippen LogP contribution in [0, 0.1) is 16.7 Å². The smallest absolute Gasteiger partial charge is 0.350 e. The topological polar surface area (TPSA) is 227 Å². The van der Waals surface area contributed by atoms with Gasteiger partial charge in [0, 0.05) is 43.6 Å². The van der Waals surface area contributed by atoms with E-state index < -0.39 is 119 Å². The minimum absolute atomic E-state index is 0.0205. The van der Waals surface area contributed by atoms with Gasteiger partial charge in [-0.05, 0) is 67.7 Å². The number of nitrogens with one attached hydrogen (secondary N) is 1. The Morgan fingerprint density at radius 2 is 1.30 bits per heavy atom. The highest BCUT2D eigenvalue weighted by Crippen LogP contribution is 2.64. The number of ketones is 1. The molecule has 11 atom stereocenters. The first kappa shape index (κ1) is 58.5. The summed E-state index contributed by atoms with van der Waals surface area (Å²) < 4.78 is 37.8. The number of unbranched alkanes of at least 4 members (excludes halogenated alkanes) is 8. The van der Waals surface area contributed by atoms with Crippen LogP contribution in [0.3, 0.4) is 0 Å². The maximum Gasteiger partial charge on any atom is 0.350 e. The SMILES string of the molecule is CCCCCCCC(=O)OC(C(=O)O[C@H]1C[C@@]2(O)[C@@H](OC(=O)c3ccccc3)C3[C@](C)(C(=O)[C@H](OC(=O)CCCCCCC)C(=C1C)C2(C)C)[C@@H](O)C[C@H]1OC[C@@]31OC(C)=O)C(NC(=O)c1ccccc1)c1ccccc1. The van der Waals surface area contributed by atoms with E-state index in [2.05, 4.69) is 19.2 Å². The summed E-state index contributed by atoms with van der Waals surface area (Å²) in [7, 11) is 0. The fourth-order valence-corrected chi connectivity index (χ4v) is 12.3. The van der Waals surface area contributed by atoms with E-state index in [-0.39, 0.29) is 48.1 Å². The summed E-state index contributed by atoms with van der Waals surface area (Å²) >= 11 is 0. The number of carbonyl (C=O) groups excluding carboxylic acids is 7. The standard InChI is InChI=1S/C61H77NO15/c1-8-10-12-14-25-33-46(65)74-50-48-38(3)43(73-57(70)51(75-47(66)34-26-15-13-11-9-2)49(40-27-19-16-20-28-40)62-55(68)41-29-21-17-22-30-41)36-61(71,58(48,5)6)54(76-56(69)42-31-23-18-24-32-42)52-59(7,53(50)67)44(64)35-45-60(52,37-72-45)77-39(4)63/h16-24,27-32,43-45,49-52,54,64,71H,8-15,25-26,33-37H2,1-7H3,(H,62,68)/t43-,44-,45+,49?,50+,51?,52?,54-,59+,60-,61+/m0/s1. The molecule has 16 heteroatoms. The van der Waals surface area contributed by atoms with E-state index in [0.29, 0.717) is 24.8 Å². The van der Waals surface area contributed by atoms with E-state index in [1.807, 2.05) is 0 Å². The first-order valence-electron chi connectivity index (χ1n) is 27.5. The van der Waals surface area contributed by atoms with Crippen LogP contribution in [0.4, 0.5) is 0 Å². The number of amides is 1. The number of ether oxygens (including phenoxy) is 6. The summed E-state index contributed by atoms with van der Waals surface area (Å²) in [4.78, 5) is 102. The third-order valence-electron chi connectivity index (χ3n) is 16.7. The lowest BCUT2D eigenvalue weighted by molar-refractivity contribution is -0.346. The van der Waals surface area contributed by atoms with Crippen LogP contribution in [-0.2, 0) is 52.4 Å². The van der Waals surface area contributed by atoms with Gasteiger partial charge in [0.25, 0.3) is 5.91 Å². The highest BCUT2D eigenvalue weighted by Gasteiger charge is 2.78. The van der Waals surface area contributed by atoms with Crippen LogP contribution in [0.15, 0.2) is 102 Å². The van der Waals surface area contributed by atoms with Crippen molar-refractivity contribution in [2.45, 2.75) is 192 Å². The van der Waals surface area contributed by atoms with E-state index in [4.69, 9.17) is 28.4 Å². The second kappa shape index (κ2) is 25.1. The molecule has 2 saturated carbocycles. The molecule has 3 fully saturated rings. The number of hydrogen-bond acceptors (Lipinski definition) is 15. The average molecular weight is 1060 g/mol. The van der Waals surface area contributed by atoms with Gasteiger partial charge in [-0.1, -0.05) is 146 Å². The molecule has 1 heterocycles. The van der Waals surface area contributed by atoms with Gasteiger partial charge in [0.05, 0.1) is 29.6 Å². The van der Waals surface area contributed by atoms with Crippen molar-refractivity contribution in [3.8, 4) is 0 Å². The Hall–Kier alpha value is -6.23. The van der Waals surface area contributed by atoms with E-state index in [0.717, 1.165) is 44.9 Å². The van der Waals surface area contributed by atoms with Crippen LogP contribution in [-0.4, -0.2) is 106 Å². The molecule has 0 radical (unpaired) electrons. The molecule has 3 aliphatic carbocycles. The van der Waals surface area contributed by atoms with E-state index in [1.54, 1.807) is 99.6 Å². The van der Waals surface area contributed by atoms with Crippen molar-refractivity contribution < 1.29 is 72.2 Å². The first-order valence-corrected chi connectivity index (χ1v) is 27.5. The van der Waals surface area contributed by atoms with Crippen molar-refractivity contribution in [1.29, 1.82) is 0 Å². The Morgan fingerprint density at radius 1 is 0.740 bits per heavy atom. The maximum absolute atomic E-state index is 16.1. The summed E-state index contributed by atoms with van der Waals surface area (Å²) in [6.45, 7) is 11.2. The Balaban J connectivity index is 1.41. The number of fused-ring (bicyclic) bond motifs is 5. The fourth-order valence-electron chi connectivity index (χ4n) is 12.3. The number of benzene rings is 3. The zero-order valence-corrected chi connectivity index (χ0v) is 45.6. The van der Waals surface area contributed by atoms with E-state index >= 15 is 9.59 Å². The van der Waals surface area contributed by atoms with Crippen molar-refractivity contribution in [1.82, 2.24) is 5.32 Å². The minimum Gasteiger partial charge on any atom is -0.455 e. The van der Waals surface area contributed by atoms with Crippen LogP contribution < -0.4 is 5.32 Å². The summed E-state index contributed by atoms with van der Waals surface area (Å²) in [5.41, 5.74) is -7.12. The zero-order chi connectivity index (χ0) is 55.7. The van der Waals surface area contributed by atoms with E-state index in [9.17, 15) is 34.2 Å². The van der Waals surface area contributed by atoms with Crippen LogP contribution in [0.2, 0.25) is 0 Å². The highest BCUT2D eigenvalue weighted by molar-refractivity contribution is 5.96. The summed E-state index contributed by atoms with van der Waals surface area (Å²) in [6.07, 6.45) is -2.61. The van der Waals surface area contributed by atoms with Crippen LogP contribution in [0.25, 0.3) is 0 Å². The maximum atomic E-state index is 16.1. The lowest BCUT2D eigenvalue weighted by Crippen LogP contribution is -2.82. The molecule has 0 spiro atoms. The van der Waals surface area contributed by atoms with Gasteiger partial charge in [0.2, 0.25) is 6.10 Å². The molecule has 77 heavy (non-hydrogen) atoms. The first-order chi connectivity index (χ1) is 36.7. The van der Waals surface area contributed by atoms with Gasteiger partial charge in [-0.15, -0.1) is 0 Å². The van der Waals surface area contributed by atoms with E-state index in [1.165, 1.54) is 26.0 Å². The van der Waals surface area contributed by atoms with Crippen LogP contribution in [0.1, 0.15) is 171 Å². The Morgan fingerprint density at radius 3 is 1.86 bits per heavy atom. The van der Waals surface area contributed by atoms with Gasteiger partial charge < -0.3 is 44.0 Å². The van der Waals surface area contributed by atoms with Gasteiger partial charge >= 0.3 is 29.8 Å². The number of aliphatic hydroxyl groups is 2. The quantitative estimate of drug-likeness (QED) is 0.0348. The Kier molecular flexibility index (Phi) is 19.0. The van der Waals surface area contributed by atoms with Crippen molar-refractivity contribution in [2.75, 3.05) is 6.61 Å². The number of hydrogen-bond donors (Lipinski definition) is 3. The molecule has 3 unspecified atom stereocenters. The number of carbonyl (C=O) groups is 7. The molecule has 3 aromatic carbocycles. The minimum atomic E-state index is -2.44. The monoisotopic (exact) mass is 1060 g/mol. The van der Waals surface area contributed by atoms with Crippen molar-refractivity contribution in [2.24, 2.45) is 16.7 Å². The second-order valence-electron chi connectivity index (χ2n) is 22.0. The lowest BCUT2D eigenvalue weighted by atomic mass is 9.44. The molecule has 1 amide bonds. The summed E-state index contributed by atoms with van der Waals surface area (Å²) in [5.74, 6) is -7.32. The predicted molar refractivity (Wildman–Crippen MR) is 283 cm³/mol. The Labute approximate surface area is 451 Å². The number of esters is 5. The molecular weight excluding hydrogens is 987 g/mol. The highest BCUT2D eigenvalue weighted by atomic mass is 16.6. The number of aliphatic hydroxyl groups excluding tert-OH is 1. The lowest BCUT2D eigenvalue weighted by Gasteiger charge is -2.67. The molecule has 4 aliphatic rings. The van der Waals surface area contributed by atoms with Crippen LogP contribution in [0.5, 0.6) is 0 Å². The normalized spacial score (nSPS) is 27.9. The number of rotatable bonds is 23. The van der Waals surface area contributed by atoms with Crippen molar-refractivity contribution in [3.05, 3.63) is 119 Å². The van der Waals surface area contributed by atoms with Gasteiger partial charge in [0.1, 0.15) is 30.0 Å². The third kappa shape index (κ3) is 12.1. The van der Waals surface area contributed by atoms with Gasteiger partial charge in [-0.25, -0.2) is 9.59 Å². The fraction of sp³-hybridized carbons (Fsp3) is 0.557. The Bertz CT molecular complexity index is 2620. The largest absolute Gasteiger partial charge is 0.455 e. The molecule has 0 aromatic heterocycles. The third-order valence-corrected chi connectivity index (χ3v) is 16.7. The molecule has 1 aliphatic heterocycles. The summed E-state index contributed by atoms with van der Waals surface area (Å²) in [6, 6.07) is 23.4. The van der Waals surface area contributed by atoms with Crippen molar-refractivity contribution >= 4 is 41.5 Å². The molecule has 1 saturated heterocycles. The average Bonchev–Trinajstić information content (AvgIpc) is 3.59. The van der Waals surface area contributed by atoms with Crippen LogP contribution >= 0.6 is 0 Å². The molecule has 3 N–H and O–H groups in total. The molecule has 16 nitrogen and oxygen atoms in total. The van der Waals surface area contributed by atoms with Crippen molar-refractivity contribution in [3.63, 3.8) is 0 Å². The van der Waals surface area contributed by atoms with Gasteiger partial charge in [-0.2, -0.15) is 0 Å². The van der Waals surface area contributed by atoms with Gasteiger partial charge in [-0.3, -0.25) is 24.0 Å². The molecule has 2 bridgehead atoms. The molecular formula is C61H77NO15. The predicted octanol–water partition coefficient (Wildman–Crippen LogP) is 8.99. The second-order valence-corrected chi connectivity index (χ2v) is 22.0.